The lowest BCUT2D eigenvalue weighted by Crippen LogP contribution is -2.27. The number of anilines is 1. The summed E-state index contributed by atoms with van der Waals surface area (Å²) in [6.07, 6.45) is 1.14. The summed E-state index contributed by atoms with van der Waals surface area (Å²) >= 11 is 1.37. The van der Waals surface area contributed by atoms with Gasteiger partial charge in [-0.3, -0.25) is 9.59 Å². The van der Waals surface area contributed by atoms with E-state index in [-0.39, 0.29) is 24.8 Å². The fourth-order valence-electron chi connectivity index (χ4n) is 2.57. The van der Waals surface area contributed by atoms with Crippen molar-refractivity contribution in [2.45, 2.75) is 19.8 Å². The Morgan fingerprint density at radius 2 is 1.83 bits per heavy atom. The van der Waals surface area contributed by atoms with E-state index in [4.69, 9.17) is 4.74 Å². The second kappa shape index (κ2) is 10.4. The Balaban J connectivity index is 1.47. The van der Waals surface area contributed by atoms with Crippen LogP contribution in [0.4, 0.5) is 5.13 Å². The van der Waals surface area contributed by atoms with Gasteiger partial charge in [0.05, 0.1) is 12.3 Å². The molecule has 2 N–H and O–H groups in total. The number of rotatable bonds is 9. The van der Waals surface area contributed by atoms with E-state index in [1.807, 2.05) is 35.7 Å². The minimum absolute atomic E-state index is 0.178. The highest BCUT2D eigenvalue weighted by Crippen LogP contribution is 2.26. The van der Waals surface area contributed by atoms with Crippen molar-refractivity contribution in [1.82, 2.24) is 10.3 Å². The molecule has 150 valence electrons. The molecular weight excluding hydrogens is 386 g/mol. The van der Waals surface area contributed by atoms with Crippen LogP contribution >= 0.6 is 11.3 Å². The van der Waals surface area contributed by atoms with Crippen molar-refractivity contribution in [3.63, 3.8) is 0 Å². The van der Waals surface area contributed by atoms with Gasteiger partial charge in [-0.2, -0.15) is 0 Å². The summed E-state index contributed by atoms with van der Waals surface area (Å²) in [4.78, 5) is 28.5. The number of carbonyl (C=O) groups excluding carboxylic acids is 2. The quantitative estimate of drug-likeness (QED) is 0.550. The molecule has 0 unspecified atom stereocenters. The lowest BCUT2D eigenvalue weighted by atomic mass is 10.2. The second-order valence-corrected chi connectivity index (χ2v) is 7.19. The van der Waals surface area contributed by atoms with Gasteiger partial charge in [-0.15, -0.1) is 11.3 Å². The minimum Gasteiger partial charge on any atom is -0.494 e. The van der Waals surface area contributed by atoms with Crippen LogP contribution in [0, 0.1) is 0 Å². The molecule has 7 heteroatoms. The van der Waals surface area contributed by atoms with Crippen LogP contribution in [0.15, 0.2) is 60.0 Å². The van der Waals surface area contributed by atoms with Crippen molar-refractivity contribution in [1.29, 1.82) is 0 Å². The van der Waals surface area contributed by atoms with Crippen LogP contribution in [-0.2, 0) is 4.79 Å². The van der Waals surface area contributed by atoms with Gasteiger partial charge in [0.2, 0.25) is 5.91 Å². The van der Waals surface area contributed by atoms with E-state index in [0.717, 1.165) is 23.4 Å². The van der Waals surface area contributed by atoms with Gasteiger partial charge < -0.3 is 15.4 Å². The van der Waals surface area contributed by atoms with Crippen LogP contribution in [0.1, 0.15) is 30.1 Å². The molecule has 2 aromatic carbocycles. The zero-order valence-corrected chi connectivity index (χ0v) is 17.0. The third-order valence-corrected chi connectivity index (χ3v) is 4.80. The first-order chi connectivity index (χ1) is 14.2. The van der Waals surface area contributed by atoms with Gasteiger partial charge in [0.25, 0.3) is 5.91 Å². The Morgan fingerprint density at radius 3 is 2.55 bits per heavy atom. The maximum atomic E-state index is 12.1. The third-order valence-electron chi connectivity index (χ3n) is 4.05. The number of amides is 2. The van der Waals surface area contributed by atoms with Crippen molar-refractivity contribution in [2.24, 2.45) is 0 Å². The molecule has 2 amide bonds. The number of aromatic nitrogens is 1. The number of hydrogen-bond acceptors (Lipinski definition) is 5. The predicted octanol–water partition coefficient (Wildman–Crippen LogP) is 4.36. The number of carbonyl (C=O) groups is 2. The molecule has 0 atom stereocenters. The van der Waals surface area contributed by atoms with E-state index >= 15 is 0 Å². The number of thiazole rings is 1. The molecule has 3 aromatic rings. The highest BCUT2D eigenvalue weighted by molar-refractivity contribution is 7.14. The topological polar surface area (TPSA) is 80.3 Å². The highest BCUT2D eigenvalue weighted by Gasteiger charge is 2.10. The van der Waals surface area contributed by atoms with Gasteiger partial charge in [0.15, 0.2) is 5.13 Å². The monoisotopic (exact) mass is 409 g/mol. The number of benzene rings is 2. The van der Waals surface area contributed by atoms with Crippen LogP contribution in [-0.4, -0.2) is 29.9 Å². The molecule has 0 saturated carbocycles. The van der Waals surface area contributed by atoms with Crippen molar-refractivity contribution in [2.75, 3.05) is 18.5 Å². The van der Waals surface area contributed by atoms with Crippen LogP contribution in [0.2, 0.25) is 0 Å². The summed E-state index contributed by atoms with van der Waals surface area (Å²) in [5.41, 5.74) is 2.33. The number of ether oxygens (including phenoxy) is 1. The minimum atomic E-state index is -0.193. The van der Waals surface area contributed by atoms with E-state index < -0.39 is 0 Å². The first kappa shape index (κ1) is 20.5. The third kappa shape index (κ3) is 6.15. The highest BCUT2D eigenvalue weighted by atomic mass is 32.1. The standard InChI is InChI=1S/C22H23N3O3S/c1-2-14-28-18-10-8-16(9-11-18)19-15-29-22(24-19)25-20(26)12-13-23-21(27)17-6-4-3-5-7-17/h3-11,15H,2,12-14H2,1H3,(H,23,27)(H,24,25,26). The molecule has 0 fully saturated rings. The molecule has 1 aromatic heterocycles. The number of nitrogens with zero attached hydrogens (tertiary/aromatic N) is 1. The molecule has 1 heterocycles. The van der Waals surface area contributed by atoms with Crippen molar-refractivity contribution in [3.05, 3.63) is 65.5 Å². The van der Waals surface area contributed by atoms with Crippen LogP contribution in [0.25, 0.3) is 11.3 Å². The molecule has 0 bridgehead atoms. The number of hydrogen-bond donors (Lipinski definition) is 2. The largest absolute Gasteiger partial charge is 0.494 e. The van der Waals surface area contributed by atoms with Crippen LogP contribution < -0.4 is 15.4 Å². The maximum absolute atomic E-state index is 12.1. The molecule has 6 nitrogen and oxygen atoms in total. The molecule has 0 spiro atoms. The van der Waals surface area contributed by atoms with Gasteiger partial charge in [-0.25, -0.2) is 4.98 Å². The first-order valence-corrected chi connectivity index (χ1v) is 10.4. The molecule has 0 aliphatic carbocycles. The Morgan fingerprint density at radius 1 is 1.07 bits per heavy atom. The lowest BCUT2D eigenvalue weighted by molar-refractivity contribution is -0.116. The van der Waals surface area contributed by atoms with Gasteiger partial charge in [0, 0.05) is 29.5 Å². The smallest absolute Gasteiger partial charge is 0.251 e. The average Bonchev–Trinajstić information content (AvgIpc) is 3.21. The summed E-state index contributed by atoms with van der Waals surface area (Å²) in [6, 6.07) is 16.6. The van der Waals surface area contributed by atoms with E-state index in [0.29, 0.717) is 17.3 Å². The van der Waals surface area contributed by atoms with Gasteiger partial charge >= 0.3 is 0 Å². The second-order valence-electron chi connectivity index (χ2n) is 6.33. The maximum Gasteiger partial charge on any atom is 0.251 e. The summed E-state index contributed by atoms with van der Waals surface area (Å²) < 4.78 is 5.58. The summed E-state index contributed by atoms with van der Waals surface area (Å²) in [5, 5.41) is 7.95. The predicted molar refractivity (Wildman–Crippen MR) is 115 cm³/mol. The first-order valence-electron chi connectivity index (χ1n) is 9.47. The van der Waals surface area contributed by atoms with Crippen LogP contribution in [0.3, 0.4) is 0 Å². The Bertz CT molecular complexity index is 939. The molecular formula is C22H23N3O3S. The zero-order chi connectivity index (χ0) is 20.5. The molecule has 0 radical (unpaired) electrons. The molecule has 29 heavy (non-hydrogen) atoms. The SMILES string of the molecule is CCCOc1ccc(-c2csc(NC(=O)CCNC(=O)c3ccccc3)n2)cc1. The van der Waals surface area contributed by atoms with E-state index in [2.05, 4.69) is 22.5 Å². The average molecular weight is 410 g/mol. The number of nitrogens with one attached hydrogen (secondary N) is 2. The molecule has 3 rings (SSSR count). The molecule has 0 aliphatic heterocycles. The molecule has 0 aliphatic rings. The Labute approximate surface area is 173 Å². The van der Waals surface area contributed by atoms with Gasteiger partial charge in [-0.05, 0) is 42.8 Å². The summed E-state index contributed by atoms with van der Waals surface area (Å²) in [7, 11) is 0. The Hall–Kier alpha value is -3.19. The summed E-state index contributed by atoms with van der Waals surface area (Å²) in [6.45, 7) is 3.02. The Kier molecular flexibility index (Phi) is 7.35. The van der Waals surface area contributed by atoms with Crippen molar-refractivity contribution < 1.29 is 14.3 Å². The van der Waals surface area contributed by atoms with Gasteiger partial charge in [0.1, 0.15) is 5.75 Å². The zero-order valence-electron chi connectivity index (χ0n) is 16.2. The fraction of sp³-hybridized carbons (Fsp3) is 0.227. The summed E-state index contributed by atoms with van der Waals surface area (Å²) in [5.74, 6) is 0.445. The lowest BCUT2D eigenvalue weighted by Gasteiger charge is -2.05. The van der Waals surface area contributed by atoms with Crippen LogP contribution in [0.5, 0.6) is 5.75 Å². The van der Waals surface area contributed by atoms with Gasteiger partial charge in [-0.1, -0.05) is 25.1 Å². The van der Waals surface area contributed by atoms with E-state index in [1.165, 1.54) is 11.3 Å². The van der Waals surface area contributed by atoms with Crippen molar-refractivity contribution >= 4 is 28.3 Å². The van der Waals surface area contributed by atoms with E-state index in [9.17, 15) is 9.59 Å². The normalized spacial score (nSPS) is 10.4. The molecule has 0 saturated heterocycles. The van der Waals surface area contributed by atoms with Crippen molar-refractivity contribution in [3.8, 4) is 17.0 Å². The fourth-order valence-corrected chi connectivity index (χ4v) is 3.30. The van der Waals surface area contributed by atoms with E-state index in [1.54, 1.807) is 24.3 Å².